The molecule has 4 nitrogen and oxygen atoms in total. The van der Waals surface area contributed by atoms with Gasteiger partial charge in [0.25, 0.3) is 0 Å². The number of pyridine rings is 1. The Morgan fingerprint density at radius 1 is 0.926 bits per heavy atom. The van der Waals surface area contributed by atoms with Crippen LogP contribution < -0.4 is 27.2 Å². The van der Waals surface area contributed by atoms with Crippen molar-refractivity contribution in [2.75, 3.05) is 7.11 Å². The number of aromatic nitrogens is 1. The van der Waals surface area contributed by atoms with Crippen LogP contribution in [0.4, 0.5) is 0 Å². The summed E-state index contributed by atoms with van der Waals surface area (Å²) in [4.78, 5) is 4.12. The number of benzene rings is 2. The number of halogens is 1. The predicted octanol–water partition coefficient (Wildman–Crippen LogP) is 1.27. The summed E-state index contributed by atoms with van der Waals surface area (Å²) in [7, 11) is 1.67. The summed E-state index contributed by atoms with van der Waals surface area (Å²) in [5.41, 5.74) is 4.71. The maximum absolute atomic E-state index is 5.97. The zero-order valence-corrected chi connectivity index (χ0v) is 16.4. The monoisotopic (exact) mass is 383 g/mol. The highest BCUT2D eigenvalue weighted by Gasteiger charge is 2.07. The topological polar surface area (TPSA) is 43.4 Å². The second kappa shape index (κ2) is 10.6. The van der Waals surface area contributed by atoms with Crippen molar-refractivity contribution in [2.45, 2.75) is 26.6 Å². The van der Waals surface area contributed by atoms with Crippen LogP contribution in [0.3, 0.4) is 0 Å². The molecule has 142 valence electrons. The van der Waals surface area contributed by atoms with Crippen LogP contribution in [0.25, 0.3) is 0 Å². The summed E-state index contributed by atoms with van der Waals surface area (Å²) in [6, 6.07) is 18.3. The molecule has 1 aromatic heterocycles. The van der Waals surface area contributed by atoms with Gasteiger partial charge in [0.15, 0.2) is 11.5 Å². The summed E-state index contributed by atoms with van der Waals surface area (Å²) < 4.78 is 11.5. The maximum Gasteiger partial charge on any atom is 0.161 e. The van der Waals surface area contributed by atoms with Crippen LogP contribution in [0.1, 0.15) is 22.3 Å². The highest BCUT2D eigenvalue weighted by atomic mass is 35.5. The van der Waals surface area contributed by atoms with Crippen molar-refractivity contribution >= 4 is 0 Å². The molecule has 3 rings (SSSR count). The van der Waals surface area contributed by atoms with Crippen LogP contribution in [0.2, 0.25) is 0 Å². The average molecular weight is 384 g/mol. The Hall–Kier alpha value is -2.56. The summed E-state index contributed by atoms with van der Waals surface area (Å²) in [5, 5.41) is 3.42. The molecule has 3 aromatic rings. The van der Waals surface area contributed by atoms with Crippen molar-refractivity contribution < 1.29 is 21.9 Å². The lowest BCUT2D eigenvalue weighted by molar-refractivity contribution is -0.00000599. The molecule has 0 bridgehead atoms. The fourth-order valence-electron chi connectivity index (χ4n) is 2.72. The van der Waals surface area contributed by atoms with E-state index in [9.17, 15) is 0 Å². The van der Waals surface area contributed by atoms with Crippen molar-refractivity contribution in [3.63, 3.8) is 0 Å². The van der Waals surface area contributed by atoms with E-state index in [2.05, 4.69) is 41.5 Å². The Bertz CT molecular complexity index is 841. The predicted molar refractivity (Wildman–Crippen MR) is 103 cm³/mol. The highest BCUT2D eigenvalue weighted by molar-refractivity contribution is 5.43. The van der Waals surface area contributed by atoms with Crippen LogP contribution in [-0.2, 0) is 19.7 Å². The second-order valence-electron chi connectivity index (χ2n) is 6.17. The van der Waals surface area contributed by atoms with Crippen molar-refractivity contribution in [2.24, 2.45) is 0 Å². The van der Waals surface area contributed by atoms with Gasteiger partial charge in [-0.05, 0) is 47.4 Å². The lowest BCUT2D eigenvalue weighted by Gasteiger charge is -2.13. The molecule has 5 heteroatoms. The molecule has 0 amide bonds. The molecule has 0 aliphatic carbocycles. The third-order valence-electron chi connectivity index (χ3n) is 4.25. The van der Waals surface area contributed by atoms with E-state index in [4.69, 9.17) is 9.47 Å². The minimum Gasteiger partial charge on any atom is -1.00 e. The lowest BCUT2D eigenvalue weighted by Crippen LogP contribution is -3.00. The lowest BCUT2D eigenvalue weighted by atomic mass is 10.1. The molecular weight excluding hydrogens is 360 g/mol. The Balaban J connectivity index is 0.00000261. The van der Waals surface area contributed by atoms with E-state index in [1.807, 2.05) is 36.5 Å². The number of methoxy groups -OCH3 is 1. The molecule has 0 saturated carbocycles. The van der Waals surface area contributed by atoms with Gasteiger partial charge in [0.1, 0.15) is 6.61 Å². The van der Waals surface area contributed by atoms with E-state index in [0.717, 1.165) is 35.7 Å². The van der Waals surface area contributed by atoms with Gasteiger partial charge in [0.2, 0.25) is 0 Å². The molecule has 1 heterocycles. The van der Waals surface area contributed by atoms with Gasteiger partial charge in [-0.1, -0.05) is 36.4 Å². The molecule has 0 aliphatic heterocycles. The first-order valence-electron chi connectivity index (χ1n) is 8.70. The van der Waals surface area contributed by atoms with Crippen LogP contribution >= 0.6 is 0 Å². The average Bonchev–Trinajstić information content (AvgIpc) is 2.68. The third kappa shape index (κ3) is 5.98. The largest absolute Gasteiger partial charge is 1.00 e. The highest BCUT2D eigenvalue weighted by Crippen LogP contribution is 2.29. The van der Waals surface area contributed by atoms with Gasteiger partial charge < -0.3 is 27.2 Å². The minimum absolute atomic E-state index is 0. The number of hydrogen-bond donors (Lipinski definition) is 1. The van der Waals surface area contributed by atoms with E-state index in [-0.39, 0.29) is 12.4 Å². The van der Waals surface area contributed by atoms with E-state index in [1.165, 1.54) is 11.1 Å². The van der Waals surface area contributed by atoms with Crippen molar-refractivity contribution in [1.82, 2.24) is 10.3 Å². The van der Waals surface area contributed by atoms with Gasteiger partial charge in [-0.15, -0.1) is 0 Å². The van der Waals surface area contributed by atoms with E-state index in [0.29, 0.717) is 6.61 Å². The van der Waals surface area contributed by atoms with Gasteiger partial charge >= 0.3 is 0 Å². The first kappa shape index (κ1) is 20.7. The first-order valence-corrected chi connectivity index (χ1v) is 8.70. The van der Waals surface area contributed by atoms with E-state index in [1.54, 1.807) is 13.3 Å². The molecule has 0 spiro atoms. The van der Waals surface area contributed by atoms with E-state index < -0.39 is 0 Å². The fraction of sp³-hybridized carbons (Fsp3) is 0.227. The molecule has 1 N–H and O–H groups in total. The maximum atomic E-state index is 5.97. The molecule has 27 heavy (non-hydrogen) atoms. The molecule has 2 aromatic carbocycles. The Labute approximate surface area is 167 Å². The summed E-state index contributed by atoms with van der Waals surface area (Å²) >= 11 is 0. The summed E-state index contributed by atoms with van der Waals surface area (Å²) in [6.45, 7) is 4.15. The Kier molecular flexibility index (Phi) is 8.11. The third-order valence-corrected chi connectivity index (χ3v) is 4.25. The molecule has 0 saturated heterocycles. The number of nitrogens with zero attached hydrogens (tertiary/aromatic N) is 1. The Morgan fingerprint density at radius 2 is 1.74 bits per heavy atom. The summed E-state index contributed by atoms with van der Waals surface area (Å²) in [6.07, 6.45) is 3.65. The van der Waals surface area contributed by atoms with Gasteiger partial charge in [-0.2, -0.15) is 0 Å². The zero-order chi connectivity index (χ0) is 18.2. The zero-order valence-electron chi connectivity index (χ0n) is 15.6. The number of nitrogens with one attached hydrogen (secondary N) is 1. The van der Waals surface area contributed by atoms with Crippen molar-refractivity contribution in [1.29, 1.82) is 0 Å². The van der Waals surface area contributed by atoms with Crippen molar-refractivity contribution in [3.05, 3.63) is 89.2 Å². The molecular formula is C22H24ClN2O2-. The van der Waals surface area contributed by atoms with Crippen LogP contribution in [0.15, 0.2) is 67.0 Å². The molecule has 0 atom stereocenters. The molecule has 0 unspecified atom stereocenters. The van der Waals surface area contributed by atoms with E-state index >= 15 is 0 Å². The number of rotatable bonds is 8. The molecule has 0 radical (unpaired) electrons. The summed E-state index contributed by atoms with van der Waals surface area (Å²) in [5.74, 6) is 1.51. The van der Waals surface area contributed by atoms with Crippen LogP contribution in [0.5, 0.6) is 11.5 Å². The van der Waals surface area contributed by atoms with Crippen LogP contribution in [-0.4, -0.2) is 12.1 Å². The normalized spacial score (nSPS) is 10.1. The SMILES string of the molecule is COc1cc(CNCc2cccnc2)ccc1OCc1ccccc1C.[Cl-]. The smallest absolute Gasteiger partial charge is 0.161 e. The van der Waals surface area contributed by atoms with Gasteiger partial charge in [0.05, 0.1) is 7.11 Å². The van der Waals surface area contributed by atoms with Gasteiger partial charge in [-0.3, -0.25) is 4.98 Å². The number of aryl methyl sites for hydroxylation is 1. The number of ether oxygens (including phenoxy) is 2. The molecule has 0 fully saturated rings. The van der Waals surface area contributed by atoms with Gasteiger partial charge in [-0.25, -0.2) is 0 Å². The quantitative estimate of drug-likeness (QED) is 0.636. The fourth-order valence-corrected chi connectivity index (χ4v) is 2.72. The second-order valence-corrected chi connectivity index (χ2v) is 6.17. The Morgan fingerprint density at radius 3 is 2.48 bits per heavy atom. The van der Waals surface area contributed by atoms with Gasteiger partial charge in [0, 0.05) is 25.5 Å². The molecule has 0 aliphatic rings. The van der Waals surface area contributed by atoms with Crippen molar-refractivity contribution in [3.8, 4) is 11.5 Å². The first-order chi connectivity index (χ1) is 12.8. The minimum atomic E-state index is 0. The number of hydrogen-bond acceptors (Lipinski definition) is 4. The standard InChI is InChI=1S/C22H24N2O2.ClH/c1-17-6-3-4-8-20(17)16-26-21-10-9-18(12-22(21)25-2)13-24-15-19-7-5-11-23-14-19;/h3-12,14,24H,13,15-16H2,1-2H3;1H/p-1. The van der Waals surface area contributed by atoms with Crippen LogP contribution in [0, 0.1) is 6.92 Å².